The third-order valence-electron chi connectivity index (χ3n) is 3.97. The van der Waals surface area contributed by atoms with Gasteiger partial charge in [-0.3, -0.25) is 0 Å². The molecule has 1 aromatic heterocycles. The summed E-state index contributed by atoms with van der Waals surface area (Å²) in [7, 11) is 2.09. The standard InChI is InChI=1S/C18H26N2/c1-5-15-8-10-16(11-9-15)18(14(2)3)19-13-17-7-6-12-20(17)4/h6-12,14,18-19H,5,13H2,1-4H3. The van der Waals surface area contributed by atoms with Gasteiger partial charge in [0.05, 0.1) is 0 Å². The molecule has 108 valence electrons. The summed E-state index contributed by atoms with van der Waals surface area (Å²) in [5, 5.41) is 3.70. The molecule has 2 rings (SSSR count). The first-order valence-electron chi connectivity index (χ1n) is 7.54. The van der Waals surface area contributed by atoms with Crippen molar-refractivity contribution in [3.8, 4) is 0 Å². The third-order valence-corrected chi connectivity index (χ3v) is 3.97. The minimum absolute atomic E-state index is 0.399. The summed E-state index contributed by atoms with van der Waals surface area (Å²) >= 11 is 0. The molecule has 0 radical (unpaired) electrons. The molecule has 2 aromatic rings. The first-order valence-corrected chi connectivity index (χ1v) is 7.54. The second-order valence-corrected chi connectivity index (χ2v) is 5.81. The molecule has 0 spiro atoms. The summed E-state index contributed by atoms with van der Waals surface area (Å²) < 4.78 is 2.17. The SMILES string of the molecule is CCc1ccc(C(NCc2cccn2C)C(C)C)cc1. The molecule has 20 heavy (non-hydrogen) atoms. The van der Waals surface area contributed by atoms with E-state index in [9.17, 15) is 0 Å². The van der Waals surface area contributed by atoms with Gasteiger partial charge < -0.3 is 9.88 Å². The van der Waals surface area contributed by atoms with Crippen LogP contribution in [-0.4, -0.2) is 4.57 Å². The number of aromatic nitrogens is 1. The third kappa shape index (κ3) is 3.51. The Morgan fingerprint density at radius 3 is 2.30 bits per heavy atom. The Kier molecular flexibility index (Phi) is 5.02. The van der Waals surface area contributed by atoms with E-state index in [-0.39, 0.29) is 0 Å². The maximum absolute atomic E-state index is 3.70. The van der Waals surface area contributed by atoms with E-state index >= 15 is 0 Å². The topological polar surface area (TPSA) is 17.0 Å². The predicted molar refractivity (Wildman–Crippen MR) is 85.7 cm³/mol. The van der Waals surface area contributed by atoms with Crippen molar-refractivity contribution in [1.82, 2.24) is 9.88 Å². The number of rotatable bonds is 6. The Bertz CT molecular complexity index is 523. The highest BCUT2D eigenvalue weighted by molar-refractivity contribution is 5.25. The van der Waals surface area contributed by atoms with Crippen LogP contribution in [0.25, 0.3) is 0 Å². The Hall–Kier alpha value is -1.54. The lowest BCUT2D eigenvalue weighted by Gasteiger charge is -2.23. The molecule has 2 heteroatoms. The van der Waals surface area contributed by atoms with Crippen molar-refractivity contribution in [3.63, 3.8) is 0 Å². The Morgan fingerprint density at radius 1 is 1.10 bits per heavy atom. The van der Waals surface area contributed by atoms with Gasteiger partial charge >= 0.3 is 0 Å². The van der Waals surface area contributed by atoms with Crippen LogP contribution in [0.15, 0.2) is 42.6 Å². The molecule has 0 fully saturated rings. The van der Waals surface area contributed by atoms with Crippen LogP contribution in [0.1, 0.15) is 43.6 Å². The number of hydrogen-bond donors (Lipinski definition) is 1. The molecule has 0 saturated heterocycles. The van der Waals surface area contributed by atoms with Crippen LogP contribution in [0.4, 0.5) is 0 Å². The molecule has 2 nitrogen and oxygen atoms in total. The molecule has 0 bridgehead atoms. The fraction of sp³-hybridized carbons (Fsp3) is 0.444. The molecule has 1 aromatic carbocycles. The second-order valence-electron chi connectivity index (χ2n) is 5.81. The van der Waals surface area contributed by atoms with E-state index in [0.29, 0.717) is 12.0 Å². The number of nitrogens with zero attached hydrogens (tertiary/aromatic N) is 1. The largest absolute Gasteiger partial charge is 0.353 e. The molecule has 0 aliphatic carbocycles. The van der Waals surface area contributed by atoms with Crippen molar-refractivity contribution in [2.75, 3.05) is 0 Å². The molecular formula is C18H26N2. The number of benzene rings is 1. The highest BCUT2D eigenvalue weighted by atomic mass is 15.0. The van der Waals surface area contributed by atoms with Gasteiger partial charge in [0.25, 0.3) is 0 Å². The fourth-order valence-corrected chi connectivity index (χ4v) is 2.59. The van der Waals surface area contributed by atoms with Crippen molar-refractivity contribution in [1.29, 1.82) is 0 Å². The molecule has 1 heterocycles. The van der Waals surface area contributed by atoms with Crippen molar-refractivity contribution in [2.24, 2.45) is 13.0 Å². The summed E-state index contributed by atoms with van der Waals surface area (Å²) in [5.74, 6) is 0.572. The fourth-order valence-electron chi connectivity index (χ4n) is 2.59. The van der Waals surface area contributed by atoms with Gasteiger partial charge in [0, 0.05) is 31.5 Å². The molecule has 1 atom stereocenters. The van der Waals surface area contributed by atoms with E-state index in [1.54, 1.807) is 0 Å². The maximum Gasteiger partial charge on any atom is 0.0364 e. The van der Waals surface area contributed by atoms with Crippen LogP contribution < -0.4 is 5.32 Å². The Balaban J connectivity index is 2.08. The predicted octanol–water partition coefficient (Wildman–Crippen LogP) is 4.07. The van der Waals surface area contributed by atoms with E-state index in [0.717, 1.165) is 13.0 Å². The molecule has 1 N–H and O–H groups in total. The van der Waals surface area contributed by atoms with Crippen LogP contribution in [0, 0.1) is 5.92 Å². The maximum atomic E-state index is 3.70. The first-order chi connectivity index (χ1) is 9.61. The zero-order valence-electron chi connectivity index (χ0n) is 13.1. The zero-order valence-corrected chi connectivity index (χ0v) is 13.1. The van der Waals surface area contributed by atoms with E-state index in [1.165, 1.54) is 16.8 Å². The van der Waals surface area contributed by atoms with Gasteiger partial charge in [0.1, 0.15) is 0 Å². The van der Waals surface area contributed by atoms with Gasteiger partial charge in [0.2, 0.25) is 0 Å². The molecule has 1 unspecified atom stereocenters. The van der Waals surface area contributed by atoms with Gasteiger partial charge in [-0.25, -0.2) is 0 Å². The van der Waals surface area contributed by atoms with Crippen molar-refractivity contribution < 1.29 is 0 Å². The number of hydrogen-bond acceptors (Lipinski definition) is 1. The monoisotopic (exact) mass is 270 g/mol. The lowest BCUT2D eigenvalue weighted by molar-refractivity contribution is 0.406. The van der Waals surface area contributed by atoms with Crippen LogP contribution in [0.3, 0.4) is 0 Å². The van der Waals surface area contributed by atoms with E-state index in [4.69, 9.17) is 0 Å². The summed E-state index contributed by atoms with van der Waals surface area (Å²) in [4.78, 5) is 0. The lowest BCUT2D eigenvalue weighted by atomic mass is 9.95. The van der Waals surface area contributed by atoms with Gasteiger partial charge in [-0.2, -0.15) is 0 Å². The van der Waals surface area contributed by atoms with Crippen molar-refractivity contribution in [3.05, 3.63) is 59.4 Å². The van der Waals surface area contributed by atoms with Gasteiger partial charge in [-0.15, -0.1) is 0 Å². The van der Waals surface area contributed by atoms with Crippen molar-refractivity contribution in [2.45, 2.75) is 39.8 Å². The molecule has 0 amide bonds. The quantitative estimate of drug-likeness (QED) is 0.837. The highest BCUT2D eigenvalue weighted by Gasteiger charge is 2.15. The highest BCUT2D eigenvalue weighted by Crippen LogP contribution is 2.22. The van der Waals surface area contributed by atoms with Gasteiger partial charge in [-0.1, -0.05) is 45.0 Å². The van der Waals surface area contributed by atoms with Gasteiger partial charge in [0.15, 0.2) is 0 Å². The van der Waals surface area contributed by atoms with Crippen LogP contribution >= 0.6 is 0 Å². The summed E-state index contributed by atoms with van der Waals surface area (Å²) in [5.41, 5.74) is 4.10. The molecule has 0 aliphatic rings. The van der Waals surface area contributed by atoms with Crippen LogP contribution in [-0.2, 0) is 20.0 Å². The van der Waals surface area contributed by atoms with Gasteiger partial charge in [-0.05, 0) is 35.6 Å². The normalized spacial score (nSPS) is 12.8. The Labute approximate surface area is 122 Å². The van der Waals surface area contributed by atoms with Crippen LogP contribution in [0.2, 0.25) is 0 Å². The van der Waals surface area contributed by atoms with Crippen molar-refractivity contribution >= 4 is 0 Å². The number of aryl methyl sites for hydroxylation is 2. The second kappa shape index (κ2) is 6.76. The average Bonchev–Trinajstić information content (AvgIpc) is 2.85. The summed E-state index contributed by atoms with van der Waals surface area (Å²) in [6.45, 7) is 7.65. The average molecular weight is 270 g/mol. The molecular weight excluding hydrogens is 244 g/mol. The minimum atomic E-state index is 0.399. The molecule has 0 aliphatic heterocycles. The Morgan fingerprint density at radius 2 is 1.80 bits per heavy atom. The van der Waals surface area contributed by atoms with E-state index in [1.807, 2.05) is 0 Å². The lowest BCUT2D eigenvalue weighted by Crippen LogP contribution is -2.26. The zero-order chi connectivity index (χ0) is 14.5. The van der Waals surface area contributed by atoms with E-state index in [2.05, 4.69) is 80.3 Å². The van der Waals surface area contributed by atoms with Crippen LogP contribution in [0.5, 0.6) is 0 Å². The summed E-state index contributed by atoms with van der Waals surface area (Å²) in [6.07, 6.45) is 3.20. The number of nitrogens with one attached hydrogen (secondary N) is 1. The minimum Gasteiger partial charge on any atom is -0.353 e. The smallest absolute Gasteiger partial charge is 0.0364 e. The molecule has 0 saturated carbocycles. The van der Waals surface area contributed by atoms with E-state index < -0.39 is 0 Å². The first kappa shape index (κ1) is 14.9. The summed E-state index contributed by atoms with van der Waals surface area (Å²) in [6, 6.07) is 13.7.